The molecule has 1 atom stereocenters. The molecule has 98 valence electrons. The molecule has 2 heterocycles. The van der Waals surface area contributed by atoms with Crippen LogP contribution in [0.2, 0.25) is 0 Å². The Hall–Kier alpha value is -1.94. The largest absolute Gasteiger partial charge is 0.343 e. The van der Waals surface area contributed by atoms with Crippen LogP contribution in [0.3, 0.4) is 0 Å². The maximum atomic E-state index is 12.4. The second kappa shape index (κ2) is 4.31. The molecule has 0 radical (unpaired) electrons. The average molecular weight is 255 g/mol. The van der Waals surface area contributed by atoms with Crippen molar-refractivity contribution in [2.24, 2.45) is 0 Å². The predicted molar refractivity (Wildman–Crippen MR) is 74.7 cm³/mol. The molecule has 0 aliphatic carbocycles. The number of likely N-dealkylation sites (N-methyl/N-ethyl adjacent to an activating group) is 1. The van der Waals surface area contributed by atoms with E-state index < -0.39 is 5.54 Å². The zero-order chi connectivity index (χ0) is 13.5. The fourth-order valence-electron chi connectivity index (χ4n) is 2.60. The van der Waals surface area contributed by atoms with Gasteiger partial charge in [0, 0.05) is 37.3 Å². The number of hydrogen-bond donors (Lipinski definition) is 1. The number of pyridine rings is 1. The summed E-state index contributed by atoms with van der Waals surface area (Å²) >= 11 is 0. The van der Waals surface area contributed by atoms with Gasteiger partial charge >= 0.3 is 0 Å². The molecule has 0 saturated carbocycles. The number of fused-ring (bicyclic) bond motifs is 1. The van der Waals surface area contributed by atoms with E-state index in [1.807, 2.05) is 44.3 Å². The number of carbonyl (C=O) groups is 1. The van der Waals surface area contributed by atoms with Gasteiger partial charge in [-0.05, 0) is 19.1 Å². The van der Waals surface area contributed by atoms with Crippen molar-refractivity contribution in [1.29, 1.82) is 0 Å². The van der Waals surface area contributed by atoms with Gasteiger partial charge < -0.3 is 4.90 Å². The van der Waals surface area contributed by atoms with Gasteiger partial charge in [-0.1, -0.05) is 18.2 Å². The fourth-order valence-corrected chi connectivity index (χ4v) is 2.60. The van der Waals surface area contributed by atoms with Crippen LogP contribution in [-0.2, 0) is 10.3 Å². The standard InChI is InChI=1S/C15H17N3O/c1-15(14(19)18(2)8-7-17-15)12-9-11-5-3-4-6-13(11)16-10-12/h3-6,9-10,17H,7-8H2,1-2H3. The van der Waals surface area contributed by atoms with Crippen molar-refractivity contribution in [3.8, 4) is 0 Å². The Bertz CT molecular complexity index is 640. The summed E-state index contributed by atoms with van der Waals surface area (Å²) in [5.74, 6) is 0.0934. The van der Waals surface area contributed by atoms with E-state index in [0.29, 0.717) is 0 Å². The normalized spacial score (nSPS) is 23.9. The number of benzene rings is 1. The molecular weight excluding hydrogens is 238 g/mol. The lowest BCUT2D eigenvalue weighted by Gasteiger charge is -2.38. The van der Waals surface area contributed by atoms with Crippen LogP contribution in [0.15, 0.2) is 36.5 Å². The summed E-state index contributed by atoms with van der Waals surface area (Å²) in [5, 5.41) is 4.38. The van der Waals surface area contributed by atoms with Crippen molar-refractivity contribution in [3.63, 3.8) is 0 Å². The van der Waals surface area contributed by atoms with E-state index in [1.54, 1.807) is 11.1 Å². The van der Waals surface area contributed by atoms with E-state index in [4.69, 9.17) is 0 Å². The molecule has 1 aromatic carbocycles. The number of nitrogens with one attached hydrogen (secondary N) is 1. The van der Waals surface area contributed by atoms with E-state index in [1.165, 1.54) is 0 Å². The first kappa shape index (κ1) is 12.1. The minimum Gasteiger partial charge on any atom is -0.343 e. The summed E-state index contributed by atoms with van der Waals surface area (Å²) in [6.07, 6.45) is 1.80. The van der Waals surface area contributed by atoms with Crippen LogP contribution >= 0.6 is 0 Å². The minimum atomic E-state index is -0.677. The first-order valence-electron chi connectivity index (χ1n) is 6.47. The Morgan fingerprint density at radius 1 is 1.37 bits per heavy atom. The molecule has 1 N–H and O–H groups in total. The minimum absolute atomic E-state index is 0.0934. The summed E-state index contributed by atoms with van der Waals surface area (Å²) < 4.78 is 0. The topological polar surface area (TPSA) is 45.2 Å². The molecule has 1 unspecified atom stereocenters. The first-order valence-corrected chi connectivity index (χ1v) is 6.47. The van der Waals surface area contributed by atoms with E-state index in [2.05, 4.69) is 10.3 Å². The number of piperazine rings is 1. The summed E-state index contributed by atoms with van der Waals surface area (Å²) in [6.45, 7) is 3.47. The quantitative estimate of drug-likeness (QED) is 0.840. The third-order valence-corrected chi connectivity index (χ3v) is 3.87. The van der Waals surface area contributed by atoms with Crippen molar-refractivity contribution in [2.75, 3.05) is 20.1 Å². The summed E-state index contributed by atoms with van der Waals surface area (Å²) in [5.41, 5.74) is 1.19. The molecule has 1 aromatic heterocycles. The second-order valence-electron chi connectivity index (χ2n) is 5.20. The van der Waals surface area contributed by atoms with Gasteiger partial charge in [-0.15, -0.1) is 0 Å². The first-order chi connectivity index (χ1) is 9.11. The maximum Gasteiger partial charge on any atom is 0.247 e. The van der Waals surface area contributed by atoms with Crippen LogP contribution in [0, 0.1) is 0 Å². The number of aromatic nitrogens is 1. The van der Waals surface area contributed by atoms with Crippen LogP contribution in [0.4, 0.5) is 0 Å². The van der Waals surface area contributed by atoms with Crippen LogP contribution in [0.5, 0.6) is 0 Å². The molecule has 1 amide bonds. The smallest absolute Gasteiger partial charge is 0.247 e. The molecule has 1 saturated heterocycles. The second-order valence-corrected chi connectivity index (χ2v) is 5.20. The molecule has 2 aromatic rings. The monoisotopic (exact) mass is 255 g/mol. The number of amides is 1. The molecule has 19 heavy (non-hydrogen) atoms. The van der Waals surface area contributed by atoms with Gasteiger partial charge in [-0.25, -0.2) is 0 Å². The molecule has 1 fully saturated rings. The van der Waals surface area contributed by atoms with Crippen molar-refractivity contribution >= 4 is 16.8 Å². The lowest BCUT2D eigenvalue weighted by molar-refractivity contribution is -0.139. The van der Waals surface area contributed by atoms with E-state index >= 15 is 0 Å². The van der Waals surface area contributed by atoms with E-state index in [0.717, 1.165) is 29.6 Å². The van der Waals surface area contributed by atoms with Gasteiger partial charge in [0.05, 0.1) is 5.52 Å². The van der Waals surface area contributed by atoms with Gasteiger partial charge in [-0.3, -0.25) is 15.1 Å². The van der Waals surface area contributed by atoms with Crippen molar-refractivity contribution in [3.05, 3.63) is 42.1 Å². The van der Waals surface area contributed by atoms with Crippen molar-refractivity contribution in [2.45, 2.75) is 12.5 Å². The number of nitrogens with zero attached hydrogens (tertiary/aromatic N) is 2. The zero-order valence-electron chi connectivity index (χ0n) is 11.2. The third kappa shape index (κ3) is 1.88. The van der Waals surface area contributed by atoms with E-state index in [-0.39, 0.29) is 5.91 Å². The van der Waals surface area contributed by atoms with Gasteiger partial charge in [0.15, 0.2) is 0 Å². The zero-order valence-corrected chi connectivity index (χ0v) is 11.2. The molecule has 3 rings (SSSR count). The molecular formula is C15H17N3O. The van der Waals surface area contributed by atoms with Gasteiger partial charge in [0.1, 0.15) is 5.54 Å². The highest BCUT2D eigenvalue weighted by molar-refractivity contribution is 5.89. The van der Waals surface area contributed by atoms with Crippen LogP contribution in [0.25, 0.3) is 10.9 Å². The summed E-state index contributed by atoms with van der Waals surface area (Å²) in [4.78, 5) is 18.6. The Balaban J connectivity index is 2.10. The number of hydrogen-bond acceptors (Lipinski definition) is 3. The van der Waals surface area contributed by atoms with Crippen molar-refractivity contribution in [1.82, 2.24) is 15.2 Å². The summed E-state index contributed by atoms with van der Waals surface area (Å²) in [6, 6.07) is 10.00. The summed E-state index contributed by atoms with van der Waals surface area (Å²) in [7, 11) is 1.84. The highest BCUT2D eigenvalue weighted by atomic mass is 16.2. The molecule has 0 bridgehead atoms. The van der Waals surface area contributed by atoms with Crippen molar-refractivity contribution < 1.29 is 4.79 Å². The van der Waals surface area contributed by atoms with Crippen LogP contribution < -0.4 is 5.32 Å². The Morgan fingerprint density at radius 3 is 3.00 bits per heavy atom. The van der Waals surface area contributed by atoms with Gasteiger partial charge in [-0.2, -0.15) is 0 Å². The molecule has 1 aliphatic heterocycles. The van der Waals surface area contributed by atoms with Crippen LogP contribution in [-0.4, -0.2) is 35.9 Å². The number of carbonyl (C=O) groups excluding carboxylic acids is 1. The number of para-hydroxylation sites is 1. The van der Waals surface area contributed by atoms with Crippen LogP contribution in [0.1, 0.15) is 12.5 Å². The third-order valence-electron chi connectivity index (χ3n) is 3.87. The Morgan fingerprint density at radius 2 is 2.16 bits per heavy atom. The van der Waals surface area contributed by atoms with E-state index in [9.17, 15) is 4.79 Å². The van der Waals surface area contributed by atoms with Gasteiger partial charge in [0.25, 0.3) is 0 Å². The lowest BCUT2D eigenvalue weighted by atomic mass is 9.89. The average Bonchev–Trinajstić information content (AvgIpc) is 2.44. The lowest BCUT2D eigenvalue weighted by Crippen LogP contribution is -2.59. The highest BCUT2D eigenvalue weighted by Gasteiger charge is 2.40. The Kier molecular flexibility index (Phi) is 2.75. The SMILES string of the molecule is CN1CCNC(C)(c2cnc3ccccc3c2)C1=O. The molecule has 4 heteroatoms. The Labute approximate surface area is 112 Å². The fraction of sp³-hybridized carbons (Fsp3) is 0.333. The predicted octanol–water partition coefficient (Wildman–Crippen LogP) is 1.51. The molecule has 0 spiro atoms. The molecule has 1 aliphatic rings. The highest BCUT2D eigenvalue weighted by Crippen LogP contribution is 2.27. The maximum absolute atomic E-state index is 12.4. The number of rotatable bonds is 1. The van der Waals surface area contributed by atoms with Gasteiger partial charge in [0.2, 0.25) is 5.91 Å². The molecule has 4 nitrogen and oxygen atoms in total.